The number of benzene rings is 1. The van der Waals surface area contributed by atoms with Crippen molar-refractivity contribution in [3.63, 3.8) is 0 Å². The van der Waals surface area contributed by atoms with Crippen molar-refractivity contribution in [1.29, 1.82) is 0 Å². The number of carbonyl (C=O) groups excluding carboxylic acids is 1. The average Bonchev–Trinajstić information content (AvgIpc) is 3.47. The lowest BCUT2D eigenvalue weighted by Crippen LogP contribution is -2.39. The summed E-state index contributed by atoms with van der Waals surface area (Å²) in [5.74, 6) is -0.0825. The molecule has 0 bridgehead atoms. The van der Waals surface area contributed by atoms with Gasteiger partial charge in [0.05, 0.1) is 16.6 Å². The van der Waals surface area contributed by atoms with Crippen LogP contribution >= 0.6 is 11.6 Å². The number of rotatable bonds is 4. The number of nitrogens with one attached hydrogen (secondary N) is 3. The molecule has 0 aliphatic carbocycles. The molecule has 0 spiro atoms. The Morgan fingerprint density at radius 2 is 2.19 bits per heavy atom. The minimum Gasteiger partial charge on any atom is -0.355 e. The highest BCUT2D eigenvalue weighted by molar-refractivity contribution is 6.31. The molecule has 1 saturated heterocycles. The van der Waals surface area contributed by atoms with E-state index in [9.17, 15) is 9.18 Å². The first-order valence-corrected chi connectivity index (χ1v) is 10.8. The average molecular weight is 440 g/mol. The van der Waals surface area contributed by atoms with Gasteiger partial charge in [-0.25, -0.2) is 9.37 Å². The largest absolute Gasteiger partial charge is 0.355 e. The molecule has 6 nitrogen and oxygen atoms in total. The number of H-pyrrole nitrogens is 1. The maximum atomic E-state index is 13.5. The topological polar surface area (TPSA) is 73.1 Å². The van der Waals surface area contributed by atoms with E-state index >= 15 is 0 Å². The maximum Gasteiger partial charge on any atom is 0.227 e. The standard InChI is InChI=1S/C23H23ClFN5O/c24-18-11-16(1-2-19(18)25)28-20-4-8-27-22-17(20)12-21(29-22)14-5-9-30(10-6-14)23(31)15-3-7-26-13-15/h1-2,4-5,8,11-12,15,26H,3,6-7,9-10,13H2,(H2,27,28,29). The van der Waals surface area contributed by atoms with Crippen molar-refractivity contribution in [1.82, 2.24) is 20.2 Å². The lowest BCUT2D eigenvalue weighted by atomic mass is 10.0. The van der Waals surface area contributed by atoms with E-state index in [4.69, 9.17) is 11.6 Å². The van der Waals surface area contributed by atoms with Gasteiger partial charge < -0.3 is 20.5 Å². The highest BCUT2D eigenvalue weighted by Crippen LogP contribution is 2.31. The van der Waals surface area contributed by atoms with Crippen LogP contribution < -0.4 is 10.6 Å². The summed E-state index contributed by atoms with van der Waals surface area (Å²) >= 11 is 5.91. The molecule has 2 aliphatic heterocycles. The van der Waals surface area contributed by atoms with Gasteiger partial charge in [0.2, 0.25) is 5.91 Å². The van der Waals surface area contributed by atoms with Gasteiger partial charge >= 0.3 is 0 Å². The predicted octanol–water partition coefficient (Wildman–Crippen LogP) is 4.32. The van der Waals surface area contributed by atoms with Gasteiger partial charge in [-0.05, 0) is 55.3 Å². The van der Waals surface area contributed by atoms with Crippen LogP contribution in [-0.2, 0) is 4.79 Å². The second kappa shape index (κ2) is 8.32. The molecule has 31 heavy (non-hydrogen) atoms. The first-order chi connectivity index (χ1) is 15.1. The van der Waals surface area contributed by atoms with Crippen molar-refractivity contribution in [2.75, 3.05) is 31.5 Å². The van der Waals surface area contributed by atoms with Gasteiger partial charge in [-0.1, -0.05) is 17.7 Å². The zero-order valence-corrected chi connectivity index (χ0v) is 17.7. The summed E-state index contributed by atoms with van der Waals surface area (Å²) in [6, 6.07) is 8.50. The van der Waals surface area contributed by atoms with Crippen molar-refractivity contribution in [2.45, 2.75) is 12.8 Å². The number of hydrogen-bond donors (Lipinski definition) is 3. The molecule has 1 aromatic carbocycles. The molecular formula is C23H23ClFN5O. The lowest BCUT2D eigenvalue weighted by Gasteiger charge is -2.28. The van der Waals surface area contributed by atoms with Gasteiger partial charge in [-0.15, -0.1) is 0 Å². The van der Waals surface area contributed by atoms with Crippen LogP contribution in [-0.4, -0.2) is 47.0 Å². The number of anilines is 2. The van der Waals surface area contributed by atoms with E-state index in [2.05, 4.69) is 32.7 Å². The van der Waals surface area contributed by atoms with Crippen molar-refractivity contribution in [3.8, 4) is 0 Å². The number of fused-ring (bicyclic) bond motifs is 1. The highest BCUT2D eigenvalue weighted by Gasteiger charge is 2.28. The van der Waals surface area contributed by atoms with Crippen LogP contribution in [0.5, 0.6) is 0 Å². The van der Waals surface area contributed by atoms with Gasteiger partial charge in [0, 0.05) is 42.6 Å². The summed E-state index contributed by atoms with van der Waals surface area (Å²) in [6.45, 7) is 3.07. The van der Waals surface area contributed by atoms with Gasteiger partial charge in [-0.3, -0.25) is 4.79 Å². The monoisotopic (exact) mass is 439 g/mol. The van der Waals surface area contributed by atoms with Crippen LogP contribution in [0.4, 0.5) is 15.8 Å². The minimum atomic E-state index is -0.447. The Kier molecular flexibility index (Phi) is 5.38. The molecule has 3 aromatic rings. The third kappa shape index (κ3) is 4.03. The van der Waals surface area contributed by atoms with Crippen LogP contribution in [0.2, 0.25) is 5.02 Å². The molecule has 1 unspecified atom stereocenters. The fourth-order valence-corrected chi connectivity index (χ4v) is 4.46. The van der Waals surface area contributed by atoms with E-state index in [1.54, 1.807) is 18.3 Å². The zero-order valence-electron chi connectivity index (χ0n) is 16.9. The summed E-state index contributed by atoms with van der Waals surface area (Å²) < 4.78 is 13.5. The van der Waals surface area contributed by atoms with Gasteiger partial charge in [0.15, 0.2) is 0 Å². The second-order valence-corrected chi connectivity index (χ2v) is 8.42. The van der Waals surface area contributed by atoms with E-state index in [0.717, 1.165) is 54.9 Å². The zero-order chi connectivity index (χ0) is 21.4. The third-order valence-electron chi connectivity index (χ3n) is 6.01. The number of carbonyl (C=O) groups is 1. The smallest absolute Gasteiger partial charge is 0.227 e. The maximum absolute atomic E-state index is 13.5. The first kappa shape index (κ1) is 20.0. The third-order valence-corrected chi connectivity index (χ3v) is 6.30. The summed E-state index contributed by atoms with van der Waals surface area (Å²) in [6.07, 6.45) is 5.58. The number of aromatic amines is 1. The molecule has 2 aromatic heterocycles. The van der Waals surface area contributed by atoms with Crippen molar-refractivity contribution < 1.29 is 9.18 Å². The summed E-state index contributed by atoms with van der Waals surface area (Å²) in [5.41, 5.74) is 4.52. The van der Waals surface area contributed by atoms with E-state index in [1.165, 1.54) is 11.6 Å². The number of hydrogen-bond acceptors (Lipinski definition) is 4. The molecule has 1 fully saturated rings. The van der Waals surface area contributed by atoms with Gasteiger partial charge in [0.25, 0.3) is 0 Å². The SMILES string of the molecule is O=C(C1CCNC1)N1CC=C(c2cc3c(Nc4ccc(F)c(Cl)c4)ccnc3[nH]2)CC1. The number of amides is 1. The fraction of sp³-hybridized carbons (Fsp3) is 0.304. The van der Waals surface area contributed by atoms with E-state index < -0.39 is 5.82 Å². The van der Waals surface area contributed by atoms with E-state index in [-0.39, 0.29) is 16.8 Å². The van der Waals surface area contributed by atoms with Crippen LogP contribution in [0.15, 0.2) is 42.6 Å². The van der Waals surface area contributed by atoms with Crippen LogP contribution in [0.3, 0.4) is 0 Å². The minimum absolute atomic E-state index is 0.0740. The molecule has 160 valence electrons. The number of nitrogens with zero attached hydrogens (tertiary/aromatic N) is 2. The molecular weight excluding hydrogens is 417 g/mol. The molecule has 3 N–H and O–H groups in total. The summed E-state index contributed by atoms with van der Waals surface area (Å²) in [5, 5.41) is 7.57. The molecule has 8 heteroatoms. The molecule has 1 atom stereocenters. The second-order valence-electron chi connectivity index (χ2n) is 8.01. The highest BCUT2D eigenvalue weighted by atomic mass is 35.5. The van der Waals surface area contributed by atoms with E-state index in [0.29, 0.717) is 12.2 Å². The number of halogens is 2. The fourth-order valence-electron chi connectivity index (χ4n) is 4.28. The first-order valence-electron chi connectivity index (χ1n) is 10.5. The molecule has 1 amide bonds. The van der Waals surface area contributed by atoms with Gasteiger partial charge in [0.1, 0.15) is 11.5 Å². The Morgan fingerprint density at radius 1 is 1.29 bits per heavy atom. The molecule has 2 aliphatic rings. The quantitative estimate of drug-likeness (QED) is 0.566. The predicted molar refractivity (Wildman–Crippen MR) is 121 cm³/mol. The molecule has 5 rings (SSSR count). The van der Waals surface area contributed by atoms with Crippen molar-refractivity contribution >= 4 is 45.5 Å². The Balaban J connectivity index is 1.36. The number of aromatic nitrogens is 2. The molecule has 4 heterocycles. The Hall–Kier alpha value is -2.90. The van der Waals surface area contributed by atoms with Crippen LogP contribution in [0.25, 0.3) is 16.6 Å². The summed E-state index contributed by atoms with van der Waals surface area (Å²) in [4.78, 5) is 22.4. The van der Waals surface area contributed by atoms with Gasteiger partial charge in [-0.2, -0.15) is 0 Å². The summed E-state index contributed by atoms with van der Waals surface area (Å²) in [7, 11) is 0. The normalized spacial score (nSPS) is 19.0. The Labute approximate surface area is 184 Å². The molecule has 0 saturated carbocycles. The Bertz CT molecular complexity index is 1170. The number of pyridine rings is 1. The van der Waals surface area contributed by atoms with Crippen molar-refractivity contribution in [2.24, 2.45) is 5.92 Å². The Morgan fingerprint density at radius 3 is 2.94 bits per heavy atom. The molecule has 0 radical (unpaired) electrons. The van der Waals surface area contributed by atoms with Crippen LogP contribution in [0.1, 0.15) is 18.5 Å². The lowest BCUT2D eigenvalue weighted by molar-refractivity contribution is -0.134. The van der Waals surface area contributed by atoms with Crippen molar-refractivity contribution in [3.05, 3.63) is 59.1 Å². The van der Waals surface area contributed by atoms with Crippen LogP contribution in [0, 0.1) is 11.7 Å². The van der Waals surface area contributed by atoms with E-state index in [1.807, 2.05) is 11.0 Å².